The average molecular weight is 293 g/mol. The van der Waals surface area contributed by atoms with Crippen LogP contribution >= 0.6 is 11.8 Å². The summed E-state index contributed by atoms with van der Waals surface area (Å²) in [5.41, 5.74) is 6.73. The number of ether oxygens (including phenoxy) is 1. The number of benzene rings is 2. The van der Waals surface area contributed by atoms with Crippen molar-refractivity contribution in [2.75, 3.05) is 7.11 Å². The first kappa shape index (κ1) is 12.9. The lowest BCUT2D eigenvalue weighted by Gasteiger charge is -2.18. The molecule has 3 aromatic rings. The molecule has 104 valence electrons. The fraction of sp³-hybridized carbons (Fsp3) is 0.176. The lowest BCUT2D eigenvalue weighted by Crippen LogP contribution is -2.06. The van der Waals surface area contributed by atoms with Crippen LogP contribution < -0.4 is 10.2 Å². The van der Waals surface area contributed by atoms with E-state index in [4.69, 9.17) is 4.74 Å². The molecule has 21 heavy (non-hydrogen) atoms. The molecule has 0 amide bonds. The molecule has 1 aliphatic heterocycles. The SMILES string of the molecule is Bc1ccc2c(c1)SCc1c-2n(C)c2ccc(OC)cc12. The second-order valence-electron chi connectivity index (χ2n) is 5.56. The topological polar surface area (TPSA) is 14.2 Å². The molecular formula is C17H16BNOS. The van der Waals surface area contributed by atoms with Crippen molar-refractivity contribution in [2.45, 2.75) is 10.6 Å². The Morgan fingerprint density at radius 1 is 1.19 bits per heavy atom. The van der Waals surface area contributed by atoms with Crippen LogP contribution in [0, 0.1) is 0 Å². The highest BCUT2D eigenvalue weighted by Gasteiger charge is 2.23. The van der Waals surface area contributed by atoms with Crippen LogP contribution in [0.25, 0.3) is 22.2 Å². The van der Waals surface area contributed by atoms with E-state index < -0.39 is 0 Å². The molecule has 2 heterocycles. The number of fused-ring (bicyclic) bond motifs is 5. The van der Waals surface area contributed by atoms with Crippen molar-refractivity contribution in [3.63, 3.8) is 0 Å². The molecule has 0 radical (unpaired) electrons. The van der Waals surface area contributed by atoms with Gasteiger partial charge >= 0.3 is 0 Å². The van der Waals surface area contributed by atoms with Gasteiger partial charge in [0, 0.05) is 34.2 Å². The Balaban J connectivity index is 2.06. The van der Waals surface area contributed by atoms with Crippen molar-refractivity contribution in [1.82, 2.24) is 4.57 Å². The van der Waals surface area contributed by atoms with Crippen LogP contribution in [0.3, 0.4) is 0 Å². The molecule has 2 nitrogen and oxygen atoms in total. The Morgan fingerprint density at radius 2 is 2.05 bits per heavy atom. The fourth-order valence-corrected chi connectivity index (χ4v) is 4.39. The van der Waals surface area contributed by atoms with Crippen molar-refractivity contribution in [2.24, 2.45) is 7.05 Å². The van der Waals surface area contributed by atoms with Gasteiger partial charge < -0.3 is 9.30 Å². The van der Waals surface area contributed by atoms with Crippen molar-refractivity contribution in [3.8, 4) is 17.0 Å². The summed E-state index contributed by atoms with van der Waals surface area (Å²) in [6.07, 6.45) is 0. The Kier molecular flexibility index (Phi) is 2.83. The van der Waals surface area contributed by atoms with Gasteiger partial charge in [-0.15, -0.1) is 11.8 Å². The van der Waals surface area contributed by atoms with Gasteiger partial charge in [-0.3, -0.25) is 0 Å². The first-order chi connectivity index (χ1) is 10.2. The zero-order chi connectivity index (χ0) is 14.6. The average Bonchev–Trinajstić information content (AvgIpc) is 2.79. The summed E-state index contributed by atoms with van der Waals surface area (Å²) >= 11 is 1.93. The van der Waals surface area contributed by atoms with Crippen molar-refractivity contribution >= 4 is 36.0 Å². The molecule has 0 aliphatic carbocycles. The van der Waals surface area contributed by atoms with Gasteiger partial charge in [-0.05, 0) is 23.8 Å². The summed E-state index contributed by atoms with van der Waals surface area (Å²) in [5, 5.41) is 1.31. The Hall–Kier alpha value is -1.81. The minimum Gasteiger partial charge on any atom is -0.497 e. The van der Waals surface area contributed by atoms with E-state index in [0.717, 1.165) is 11.5 Å². The van der Waals surface area contributed by atoms with E-state index in [2.05, 4.69) is 49.8 Å². The van der Waals surface area contributed by atoms with Crippen molar-refractivity contribution in [3.05, 3.63) is 42.0 Å². The molecule has 0 saturated heterocycles. The molecule has 0 spiro atoms. The summed E-state index contributed by atoms with van der Waals surface area (Å²) in [7, 11) is 6.04. The molecule has 0 fully saturated rings. The molecule has 0 unspecified atom stereocenters. The number of aromatic nitrogens is 1. The molecule has 4 rings (SSSR count). The summed E-state index contributed by atoms with van der Waals surface area (Å²) in [6, 6.07) is 13.1. The predicted molar refractivity (Wildman–Crippen MR) is 92.6 cm³/mol. The lowest BCUT2D eigenvalue weighted by molar-refractivity contribution is 0.415. The smallest absolute Gasteiger partial charge is 0.139 e. The number of thioether (sulfide) groups is 1. The van der Waals surface area contributed by atoms with E-state index in [9.17, 15) is 0 Å². The highest BCUT2D eigenvalue weighted by Crippen LogP contribution is 2.45. The lowest BCUT2D eigenvalue weighted by atomic mass is 9.94. The zero-order valence-electron chi connectivity index (χ0n) is 12.4. The predicted octanol–water partition coefficient (Wildman–Crippen LogP) is 2.72. The minimum absolute atomic E-state index is 0.926. The van der Waals surface area contributed by atoms with Gasteiger partial charge in [0.1, 0.15) is 13.6 Å². The molecule has 1 aliphatic rings. The normalized spacial score (nSPS) is 13.0. The van der Waals surface area contributed by atoms with Crippen molar-refractivity contribution in [1.29, 1.82) is 0 Å². The van der Waals surface area contributed by atoms with E-state index >= 15 is 0 Å². The van der Waals surface area contributed by atoms with Crippen LogP contribution in [0.15, 0.2) is 41.3 Å². The summed E-state index contributed by atoms with van der Waals surface area (Å²) in [4.78, 5) is 1.39. The molecule has 1 aromatic heterocycles. The summed E-state index contributed by atoms with van der Waals surface area (Å²) in [6.45, 7) is 0. The maximum atomic E-state index is 5.39. The van der Waals surface area contributed by atoms with Gasteiger partial charge in [0.25, 0.3) is 0 Å². The first-order valence-electron chi connectivity index (χ1n) is 7.08. The van der Waals surface area contributed by atoms with Crippen LogP contribution in [-0.2, 0) is 12.8 Å². The van der Waals surface area contributed by atoms with Gasteiger partial charge in [-0.2, -0.15) is 0 Å². The fourth-order valence-electron chi connectivity index (χ4n) is 3.21. The van der Waals surface area contributed by atoms with Crippen molar-refractivity contribution < 1.29 is 4.74 Å². The summed E-state index contributed by atoms with van der Waals surface area (Å²) < 4.78 is 7.71. The molecule has 0 bridgehead atoms. The van der Waals surface area contributed by atoms with E-state index in [0.29, 0.717) is 0 Å². The maximum Gasteiger partial charge on any atom is 0.139 e. The third kappa shape index (κ3) is 1.82. The molecule has 4 heteroatoms. The number of methoxy groups -OCH3 is 1. The standard InChI is InChI=1S/C17H16BNOS/c1-19-15-6-4-11(20-2)8-13(15)14-9-21-16-7-10(18)3-5-12(16)17(14)19/h3-8H,9,18H2,1-2H3. The number of rotatable bonds is 1. The second-order valence-corrected chi connectivity index (χ2v) is 6.57. The van der Waals surface area contributed by atoms with Gasteiger partial charge in [0.2, 0.25) is 0 Å². The van der Waals surface area contributed by atoms with Crippen LogP contribution in [0.4, 0.5) is 0 Å². The van der Waals surface area contributed by atoms with Gasteiger partial charge in [-0.25, -0.2) is 0 Å². The molecule has 0 N–H and O–H groups in total. The Labute approximate surface area is 129 Å². The second kappa shape index (κ2) is 4.60. The van der Waals surface area contributed by atoms with E-state index in [-0.39, 0.29) is 0 Å². The van der Waals surface area contributed by atoms with E-state index in [1.54, 1.807) is 7.11 Å². The van der Waals surface area contributed by atoms with Gasteiger partial charge in [-0.1, -0.05) is 23.7 Å². The zero-order valence-corrected chi connectivity index (χ0v) is 13.3. The number of aryl methyl sites for hydroxylation is 1. The Morgan fingerprint density at radius 3 is 2.86 bits per heavy atom. The molecule has 2 aromatic carbocycles. The largest absolute Gasteiger partial charge is 0.497 e. The number of nitrogens with zero attached hydrogens (tertiary/aromatic N) is 1. The maximum absolute atomic E-state index is 5.39. The van der Waals surface area contributed by atoms with Gasteiger partial charge in [0.05, 0.1) is 12.8 Å². The summed E-state index contributed by atoms with van der Waals surface area (Å²) in [5.74, 6) is 1.95. The monoisotopic (exact) mass is 293 g/mol. The third-order valence-corrected chi connectivity index (χ3v) is 5.36. The molecular weight excluding hydrogens is 277 g/mol. The molecule has 0 saturated carbocycles. The molecule has 0 atom stereocenters. The quantitative estimate of drug-likeness (QED) is 0.640. The number of hydrogen-bond donors (Lipinski definition) is 0. The van der Waals surface area contributed by atoms with E-state index in [1.807, 2.05) is 17.8 Å². The highest BCUT2D eigenvalue weighted by molar-refractivity contribution is 7.98. The number of hydrogen-bond acceptors (Lipinski definition) is 2. The van der Waals surface area contributed by atoms with Crippen LogP contribution in [0.1, 0.15) is 5.56 Å². The van der Waals surface area contributed by atoms with Crippen LogP contribution in [0.2, 0.25) is 0 Å². The first-order valence-corrected chi connectivity index (χ1v) is 8.06. The highest BCUT2D eigenvalue weighted by atomic mass is 32.2. The Bertz CT molecular complexity index is 869. The van der Waals surface area contributed by atoms with Crippen LogP contribution in [-0.4, -0.2) is 19.5 Å². The van der Waals surface area contributed by atoms with E-state index in [1.165, 1.54) is 38.1 Å². The minimum atomic E-state index is 0.926. The third-order valence-electron chi connectivity index (χ3n) is 4.28. The van der Waals surface area contributed by atoms with Gasteiger partial charge in [0.15, 0.2) is 0 Å². The van der Waals surface area contributed by atoms with Crippen LogP contribution in [0.5, 0.6) is 5.75 Å².